The first-order chi connectivity index (χ1) is 6.15. The minimum Gasteiger partial charge on any atom is -0.327 e. The van der Waals surface area contributed by atoms with E-state index in [1.807, 2.05) is 13.8 Å². The summed E-state index contributed by atoms with van der Waals surface area (Å²) in [5, 5.41) is 0. The standard InChI is InChI=1S/C10H20N2O/c1-3-10(13)8(2)12-6-4-5-9(11)7-12/h8-9H,3-7,11H2,1-2H3. The van der Waals surface area contributed by atoms with Crippen LogP contribution in [0.4, 0.5) is 0 Å². The number of nitrogens with two attached hydrogens (primary N) is 1. The molecule has 0 amide bonds. The Bertz CT molecular complexity index is 182. The molecule has 0 aromatic heterocycles. The molecule has 3 heteroatoms. The van der Waals surface area contributed by atoms with Gasteiger partial charge in [-0.2, -0.15) is 0 Å². The maximum atomic E-state index is 11.4. The molecule has 0 radical (unpaired) electrons. The molecule has 2 atom stereocenters. The number of rotatable bonds is 3. The summed E-state index contributed by atoms with van der Waals surface area (Å²) in [6.45, 7) is 5.82. The molecule has 2 N–H and O–H groups in total. The summed E-state index contributed by atoms with van der Waals surface area (Å²) >= 11 is 0. The number of carbonyl (C=O) groups is 1. The van der Waals surface area contributed by atoms with E-state index in [9.17, 15) is 4.79 Å². The molecule has 0 aliphatic carbocycles. The van der Waals surface area contributed by atoms with Gasteiger partial charge in [-0.25, -0.2) is 0 Å². The number of Topliss-reactive ketones (excluding diaryl/α,β-unsaturated/α-hetero) is 1. The zero-order chi connectivity index (χ0) is 9.84. The maximum absolute atomic E-state index is 11.4. The van der Waals surface area contributed by atoms with Crippen LogP contribution in [0.2, 0.25) is 0 Å². The lowest BCUT2D eigenvalue weighted by atomic mass is 10.0. The molecule has 1 aliphatic rings. The van der Waals surface area contributed by atoms with Crippen molar-refractivity contribution in [2.24, 2.45) is 5.73 Å². The SMILES string of the molecule is CCC(=O)C(C)N1CCCC(N)C1. The van der Waals surface area contributed by atoms with E-state index >= 15 is 0 Å². The fourth-order valence-electron chi connectivity index (χ4n) is 1.89. The predicted octanol–water partition coefficient (Wildman–Crippen LogP) is 0.777. The summed E-state index contributed by atoms with van der Waals surface area (Å²) in [6.07, 6.45) is 2.86. The van der Waals surface area contributed by atoms with Gasteiger partial charge in [-0.05, 0) is 26.3 Å². The highest BCUT2D eigenvalue weighted by atomic mass is 16.1. The quantitative estimate of drug-likeness (QED) is 0.705. The average molecular weight is 184 g/mol. The van der Waals surface area contributed by atoms with Crippen LogP contribution in [0.5, 0.6) is 0 Å². The van der Waals surface area contributed by atoms with Crippen LogP contribution >= 0.6 is 0 Å². The van der Waals surface area contributed by atoms with Crippen LogP contribution in [-0.4, -0.2) is 35.9 Å². The van der Waals surface area contributed by atoms with Gasteiger partial charge in [0, 0.05) is 19.0 Å². The van der Waals surface area contributed by atoms with E-state index in [0.29, 0.717) is 12.2 Å². The zero-order valence-corrected chi connectivity index (χ0v) is 8.62. The number of hydrogen-bond donors (Lipinski definition) is 1. The summed E-state index contributed by atoms with van der Waals surface area (Å²) in [4.78, 5) is 13.6. The van der Waals surface area contributed by atoms with Crippen LogP contribution < -0.4 is 5.73 Å². The summed E-state index contributed by atoms with van der Waals surface area (Å²) in [6, 6.07) is 0.331. The van der Waals surface area contributed by atoms with Crippen molar-refractivity contribution in [3.8, 4) is 0 Å². The van der Waals surface area contributed by atoms with Gasteiger partial charge in [-0.1, -0.05) is 6.92 Å². The van der Waals surface area contributed by atoms with Crippen molar-refractivity contribution >= 4 is 5.78 Å². The van der Waals surface area contributed by atoms with Crippen molar-refractivity contribution in [1.82, 2.24) is 4.90 Å². The Morgan fingerprint density at radius 2 is 2.38 bits per heavy atom. The van der Waals surface area contributed by atoms with E-state index in [1.165, 1.54) is 0 Å². The first-order valence-electron chi connectivity index (χ1n) is 5.17. The van der Waals surface area contributed by atoms with Crippen LogP contribution in [0.1, 0.15) is 33.1 Å². The van der Waals surface area contributed by atoms with Crippen LogP contribution in [0.3, 0.4) is 0 Å². The maximum Gasteiger partial charge on any atom is 0.149 e. The number of ketones is 1. The predicted molar refractivity (Wildman–Crippen MR) is 53.5 cm³/mol. The molecule has 76 valence electrons. The Hall–Kier alpha value is -0.410. The van der Waals surface area contributed by atoms with E-state index in [0.717, 1.165) is 25.9 Å². The van der Waals surface area contributed by atoms with E-state index < -0.39 is 0 Å². The normalized spacial score (nSPS) is 27.2. The molecule has 0 saturated carbocycles. The van der Waals surface area contributed by atoms with Crippen molar-refractivity contribution in [1.29, 1.82) is 0 Å². The number of likely N-dealkylation sites (tertiary alicyclic amines) is 1. The number of piperidine rings is 1. The van der Waals surface area contributed by atoms with Crippen LogP contribution in [0.15, 0.2) is 0 Å². The third kappa shape index (κ3) is 2.78. The lowest BCUT2D eigenvalue weighted by Crippen LogP contribution is -2.49. The minimum absolute atomic E-state index is 0.0661. The Labute approximate surface area is 80.3 Å². The van der Waals surface area contributed by atoms with Crippen molar-refractivity contribution < 1.29 is 4.79 Å². The third-order valence-corrected chi connectivity index (χ3v) is 2.85. The fraction of sp³-hybridized carbons (Fsp3) is 0.900. The van der Waals surface area contributed by atoms with E-state index in [2.05, 4.69) is 4.90 Å². The van der Waals surface area contributed by atoms with Gasteiger partial charge < -0.3 is 5.73 Å². The van der Waals surface area contributed by atoms with Gasteiger partial charge in [0.15, 0.2) is 0 Å². The summed E-state index contributed by atoms with van der Waals surface area (Å²) < 4.78 is 0. The smallest absolute Gasteiger partial charge is 0.149 e. The van der Waals surface area contributed by atoms with Gasteiger partial charge >= 0.3 is 0 Å². The molecule has 1 aliphatic heterocycles. The molecule has 1 fully saturated rings. The highest BCUT2D eigenvalue weighted by Gasteiger charge is 2.24. The average Bonchev–Trinajstić information content (AvgIpc) is 2.15. The number of carbonyl (C=O) groups excluding carboxylic acids is 1. The number of nitrogens with zero attached hydrogens (tertiary/aromatic N) is 1. The van der Waals surface area contributed by atoms with Crippen molar-refractivity contribution in [2.75, 3.05) is 13.1 Å². The Morgan fingerprint density at radius 1 is 1.69 bits per heavy atom. The van der Waals surface area contributed by atoms with Gasteiger partial charge in [0.1, 0.15) is 5.78 Å². The van der Waals surface area contributed by atoms with Crippen molar-refractivity contribution in [3.63, 3.8) is 0 Å². The topological polar surface area (TPSA) is 46.3 Å². The fourth-order valence-corrected chi connectivity index (χ4v) is 1.89. The van der Waals surface area contributed by atoms with Gasteiger partial charge in [0.2, 0.25) is 0 Å². The van der Waals surface area contributed by atoms with Crippen molar-refractivity contribution in [2.45, 2.75) is 45.2 Å². The van der Waals surface area contributed by atoms with E-state index in [1.54, 1.807) is 0 Å². The first kappa shape index (κ1) is 10.7. The van der Waals surface area contributed by atoms with Gasteiger partial charge in [-0.3, -0.25) is 9.69 Å². The largest absolute Gasteiger partial charge is 0.327 e. The van der Waals surface area contributed by atoms with Gasteiger partial charge in [0.25, 0.3) is 0 Å². The van der Waals surface area contributed by atoms with Gasteiger partial charge in [-0.15, -0.1) is 0 Å². The Balaban J connectivity index is 2.45. The lowest BCUT2D eigenvalue weighted by molar-refractivity contribution is -0.123. The number of hydrogen-bond acceptors (Lipinski definition) is 3. The molecule has 2 unspecified atom stereocenters. The zero-order valence-electron chi connectivity index (χ0n) is 8.62. The molecule has 0 spiro atoms. The minimum atomic E-state index is 0.0661. The molecule has 1 saturated heterocycles. The first-order valence-corrected chi connectivity index (χ1v) is 5.17. The summed E-state index contributed by atoms with van der Waals surface area (Å²) in [7, 11) is 0. The summed E-state index contributed by atoms with van der Waals surface area (Å²) in [5.74, 6) is 0.328. The third-order valence-electron chi connectivity index (χ3n) is 2.85. The second-order valence-corrected chi connectivity index (χ2v) is 3.89. The second kappa shape index (κ2) is 4.72. The molecule has 0 aromatic carbocycles. The lowest BCUT2D eigenvalue weighted by Gasteiger charge is -2.34. The molecule has 3 nitrogen and oxygen atoms in total. The van der Waals surface area contributed by atoms with Crippen LogP contribution in [0, 0.1) is 0 Å². The molecule has 13 heavy (non-hydrogen) atoms. The molecular weight excluding hydrogens is 164 g/mol. The van der Waals surface area contributed by atoms with E-state index in [-0.39, 0.29) is 12.1 Å². The second-order valence-electron chi connectivity index (χ2n) is 3.89. The highest BCUT2D eigenvalue weighted by Crippen LogP contribution is 2.12. The Kier molecular flexibility index (Phi) is 3.88. The monoisotopic (exact) mass is 184 g/mol. The molecule has 0 bridgehead atoms. The van der Waals surface area contributed by atoms with Crippen LogP contribution in [0.25, 0.3) is 0 Å². The molecule has 1 heterocycles. The highest BCUT2D eigenvalue weighted by molar-refractivity contribution is 5.83. The Morgan fingerprint density at radius 3 is 2.92 bits per heavy atom. The molecular formula is C10H20N2O. The molecule has 0 aromatic rings. The summed E-state index contributed by atoms with van der Waals surface area (Å²) in [5.41, 5.74) is 5.85. The van der Waals surface area contributed by atoms with Crippen molar-refractivity contribution in [3.05, 3.63) is 0 Å². The van der Waals surface area contributed by atoms with Gasteiger partial charge in [0.05, 0.1) is 6.04 Å². The van der Waals surface area contributed by atoms with Crippen LogP contribution in [-0.2, 0) is 4.79 Å². The van der Waals surface area contributed by atoms with E-state index in [4.69, 9.17) is 5.73 Å². The molecule has 1 rings (SSSR count).